The Morgan fingerprint density at radius 1 is 0.871 bits per heavy atom. The predicted molar refractivity (Wildman–Crippen MR) is 104 cm³/mol. The lowest BCUT2D eigenvalue weighted by molar-refractivity contribution is -0.187. The number of benzene rings is 2. The third-order valence-electron chi connectivity index (χ3n) is 3.89. The van der Waals surface area contributed by atoms with E-state index in [0.717, 1.165) is 5.56 Å². The summed E-state index contributed by atoms with van der Waals surface area (Å²) in [6.07, 6.45) is -5.64. The van der Waals surface area contributed by atoms with Crippen LogP contribution < -0.4 is 10.6 Å². The fraction of sp³-hybridized carbons (Fsp3) is 0.286. The number of carbonyl (C=O) groups excluding carboxylic acids is 3. The molecule has 0 aliphatic heterocycles. The first-order valence-corrected chi connectivity index (χ1v) is 9.24. The van der Waals surface area contributed by atoms with Crippen LogP contribution in [0.1, 0.15) is 11.1 Å². The summed E-state index contributed by atoms with van der Waals surface area (Å²) in [7, 11) is 0. The summed E-state index contributed by atoms with van der Waals surface area (Å²) in [6.45, 7) is -2.31. The Morgan fingerprint density at radius 2 is 1.45 bits per heavy atom. The molecule has 2 rings (SSSR count). The highest BCUT2D eigenvalue weighted by atomic mass is 19.4. The van der Waals surface area contributed by atoms with Gasteiger partial charge in [-0.3, -0.25) is 4.79 Å². The molecule has 10 heteroatoms. The normalized spacial score (nSPS) is 11.8. The number of alkyl carbamates (subject to hydrolysis) is 1. The molecule has 2 aromatic rings. The number of carbonyl (C=O) groups is 3. The van der Waals surface area contributed by atoms with Crippen molar-refractivity contribution in [2.24, 2.45) is 0 Å². The van der Waals surface area contributed by atoms with Crippen LogP contribution in [-0.2, 0) is 32.1 Å². The zero-order valence-corrected chi connectivity index (χ0v) is 16.4. The number of ether oxygens (including phenoxy) is 2. The number of nitrogens with one attached hydrogen (secondary N) is 2. The summed E-state index contributed by atoms with van der Waals surface area (Å²) < 4.78 is 46.3. The second kappa shape index (κ2) is 11.6. The molecule has 166 valence electrons. The van der Waals surface area contributed by atoms with E-state index in [4.69, 9.17) is 4.74 Å². The molecule has 31 heavy (non-hydrogen) atoms. The SMILES string of the molecule is O=C(CNC(=O)OCc1ccccc1)N[C@@H](Cc1ccccc1)C(=O)OCC(F)(F)F. The van der Waals surface area contributed by atoms with Crippen molar-refractivity contribution in [1.82, 2.24) is 10.6 Å². The van der Waals surface area contributed by atoms with E-state index in [1.165, 1.54) is 0 Å². The van der Waals surface area contributed by atoms with Gasteiger partial charge in [0.05, 0.1) is 0 Å². The summed E-state index contributed by atoms with van der Waals surface area (Å²) in [6, 6.07) is 15.9. The van der Waals surface area contributed by atoms with Crippen molar-refractivity contribution < 1.29 is 37.0 Å². The Kier molecular flexibility index (Phi) is 8.86. The van der Waals surface area contributed by atoms with E-state index in [1.54, 1.807) is 60.7 Å². The second-order valence-corrected chi connectivity index (χ2v) is 6.45. The fourth-order valence-corrected chi connectivity index (χ4v) is 2.47. The third kappa shape index (κ3) is 9.66. The Morgan fingerprint density at radius 3 is 2.03 bits per heavy atom. The van der Waals surface area contributed by atoms with Crippen molar-refractivity contribution in [3.63, 3.8) is 0 Å². The summed E-state index contributed by atoms with van der Waals surface area (Å²) in [5.74, 6) is -2.03. The van der Waals surface area contributed by atoms with Gasteiger partial charge in [0.1, 0.15) is 19.2 Å². The first-order chi connectivity index (χ1) is 14.7. The standard InChI is InChI=1S/C21H21F3N2O5/c22-21(23,24)14-31-19(28)17(11-15-7-3-1-4-8-15)26-18(27)12-25-20(29)30-13-16-9-5-2-6-10-16/h1-10,17H,11-14H2,(H,25,29)(H,26,27)/t17-/m0/s1. The topological polar surface area (TPSA) is 93.7 Å². The van der Waals surface area contributed by atoms with Gasteiger partial charge in [0.2, 0.25) is 5.91 Å². The summed E-state index contributed by atoms with van der Waals surface area (Å²) >= 11 is 0. The maximum Gasteiger partial charge on any atom is 0.422 e. The van der Waals surface area contributed by atoms with Gasteiger partial charge in [-0.25, -0.2) is 9.59 Å². The average Bonchev–Trinajstić information content (AvgIpc) is 2.75. The molecule has 0 aromatic heterocycles. The zero-order chi connectivity index (χ0) is 22.7. The molecular formula is C21H21F3N2O5. The van der Waals surface area contributed by atoms with Crippen LogP contribution in [0, 0.1) is 0 Å². The lowest BCUT2D eigenvalue weighted by Gasteiger charge is -2.18. The summed E-state index contributed by atoms with van der Waals surface area (Å²) in [4.78, 5) is 35.9. The van der Waals surface area contributed by atoms with E-state index in [2.05, 4.69) is 15.4 Å². The Hall–Kier alpha value is -3.56. The van der Waals surface area contributed by atoms with Crippen LogP contribution >= 0.6 is 0 Å². The molecule has 0 aliphatic carbocycles. The van der Waals surface area contributed by atoms with Crippen molar-refractivity contribution in [1.29, 1.82) is 0 Å². The molecule has 1 atom stereocenters. The van der Waals surface area contributed by atoms with Crippen molar-refractivity contribution >= 4 is 18.0 Å². The molecule has 0 fully saturated rings. The van der Waals surface area contributed by atoms with Crippen LogP contribution in [0.3, 0.4) is 0 Å². The maximum atomic E-state index is 12.3. The van der Waals surface area contributed by atoms with Gasteiger partial charge in [0.15, 0.2) is 6.61 Å². The van der Waals surface area contributed by atoms with E-state index >= 15 is 0 Å². The first-order valence-electron chi connectivity index (χ1n) is 9.24. The largest absolute Gasteiger partial charge is 0.454 e. The highest BCUT2D eigenvalue weighted by Crippen LogP contribution is 2.15. The van der Waals surface area contributed by atoms with Crippen LogP contribution in [0.25, 0.3) is 0 Å². The van der Waals surface area contributed by atoms with Gasteiger partial charge < -0.3 is 20.1 Å². The van der Waals surface area contributed by atoms with Crippen LogP contribution in [-0.4, -0.2) is 43.3 Å². The average molecular weight is 438 g/mol. The number of halogens is 3. The van der Waals surface area contributed by atoms with Gasteiger partial charge in [0.25, 0.3) is 0 Å². The van der Waals surface area contributed by atoms with Gasteiger partial charge in [-0.2, -0.15) is 13.2 Å². The number of amides is 2. The molecule has 2 aromatic carbocycles. The molecule has 0 spiro atoms. The van der Waals surface area contributed by atoms with Crippen molar-refractivity contribution in [3.05, 3.63) is 71.8 Å². The minimum absolute atomic E-state index is 0.00527. The Bertz CT molecular complexity index is 860. The number of rotatable bonds is 9. The second-order valence-electron chi connectivity index (χ2n) is 6.45. The zero-order valence-electron chi connectivity index (χ0n) is 16.4. The van der Waals surface area contributed by atoms with E-state index < -0.39 is 43.3 Å². The summed E-state index contributed by atoms with van der Waals surface area (Å²) in [5, 5.41) is 4.49. The molecule has 0 aliphatic rings. The van der Waals surface area contributed by atoms with Crippen molar-refractivity contribution in [2.75, 3.05) is 13.2 Å². The van der Waals surface area contributed by atoms with Crippen LogP contribution in [0.2, 0.25) is 0 Å². The number of alkyl halides is 3. The van der Waals surface area contributed by atoms with Crippen LogP contribution in [0.5, 0.6) is 0 Å². The van der Waals surface area contributed by atoms with Crippen molar-refractivity contribution in [3.8, 4) is 0 Å². The monoisotopic (exact) mass is 438 g/mol. The minimum atomic E-state index is -4.69. The lowest BCUT2D eigenvalue weighted by atomic mass is 10.1. The Balaban J connectivity index is 1.87. The predicted octanol–water partition coefficient (Wildman–Crippen LogP) is 2.75. The first kappa shape index (κ1) is 23.7. The van der Waals surface area contributed by atoms with Gasteiger partial charge in [-0.05, 0) is 11.1 Å². The molecular weight excluding hydrogens is 417 g/mol. The van der Waals surface area contributed by atoms with E-state index in [0.29, 0.717) is 5.56 Å². The smallest absolute Gasteiger partial charge is 0.422 e. The number of hydrogen-bond acceptors (Lipinski definition) is 5. The quantitative estimate of drug-likeness (QED) is 0.588. The third-order valence-corrected chi connectivity index (χ3v) is 3.89. The van der Waals surface area contributed by atoms with E-state index in [9.17, 15) is 27.6 Å². The lowest BCUT2D eigenvalue weighted by Crippen LogP contribution is -2.47. The maximum absolute atomic E-state index is 12.3. The van der Waals surface area contributed by atoms with Crippen LogP contribution in [0.4, 0.5) is 18.0 Å². The number of esters is 1. The molecule has 0 saturated heterocycles. The van der Waals surface area contributed by atoms with Crippen molar-refractivity contribution in [2.45, 2.75) is 25.2 Å². The highest BCUT2D eigenvalue weighted by Gasteiger charge is 2.32. The molecule has 0 radical (unpaired) electrons. The van der Waals surface area contributed by atoms with Gasteiger partial charge >= 0.3 is 18.2 Å². The minimum Gasteiger partial charge on any atom is -0.454 e. The molecule has 0 heterocycles. The molecule has 7 nitrogen and oxygen atoms in total. The Labute approximate surface area is 176 Å². The van der Waals surface area contributed by atoms with Gasteiger partial charge in [-0.15, -0.1) is 0 Å². The molecule has 0 saturated carbocycles. The van der Waals surface area contributed by atoms with Crippen LogP contribution in [0.15, 0.2) is 60.7 Å². The highest BCUT2D eigenvalue weighted by molar-refractivity contribution is 5.87. The van der Waals surface area contributed by atoms with E-state index in [1.807, 2.05) is 0 Å². The molecule has 0 unspecified atom stereocenters. The fourth-order valence-electron chi connectivity index (χ4n) is 2.47. The molecule has 2 amide bonds. The van der Waals surface area contributed by atoms with Gasteiger partial charge in [-0.1, -0.05) is 60.7 Å². The molecule has 0 bridgehead atoms. The van der Waals surface area contributed by atoms with Gasteiger partial charge in [0, 0.05) is 6.42 Å². The van der Waals surface area contributed by atoms with E-state index in [-0.39, 0.29) is 13.0 Å². The number of hydrogen-bond donors (Lipinski definition) is 2. The molecule has 2 N–H and O–H groups in total. The summed E-state index contributed by atoms with van der Waals surface area (Å²) in [5.41, 5.74) is 1.35.